The summed E-state index contributed by atoms with van der Waals surface area (Å²) in [4.78, 5) is 13.7. The predicted molar refractivity (Wildman–Crippen MR) is 115 cm³/mol. The van der Waals surface area contributed by atoms with Gasteiger partial charge in [0.15, 0.2) is 0 Å². The Morgan fingerprint density at radius 2 is 1.83 bits per heavy atom. The number of fused-ring (bicyclic) bond motifs is 1. The molecular formula is C22H25ClN2O4S. The van der Waals surface area contributed by atoms with E-state index in [1.165, 1.54) is 23.8 Å². The van der Waals surface area contributed by atoms with Gasteiger partial charge in [-0.1, -0.05) is 41.9 Å². The van der Waals surface area contributed by atoms with Gasteiger partial charge in [-0.15, -0.1) is 0 Å². The van der Waals surface area contributed by atoms with E-state index < -0.39 is 16.0 Å². The molecule has 4 rings (SSSR count). The molecule has 1 saturated carbocycles. The number of likely N-dealkylation sites (tertiary alicyclic amines) is 1. The average Bonchev–Trinajstić information content (AvgIpc) is 3.09. The third-order valence-electron chi connectivity index (χ3n) is 6.16. The van der Waals surface area contributed by atoms with Crippen molar-refractivity contribution in [1.29, 1.82) is 0 Å². The highest BCUT2D eigenvalue weighted by molar-refractivity contribution is 7.89. The number of aromatic carboxylic acids is 1. The molecule has 0 amide bonds. The first kappa shape index (κ1) is 21.3. The highest BCUT2D eigenvalue weighted by atomic mass is 35.5. The summed E-state index contributed by atoms with van der Waals surface area (Å²) in [7, 11) is -3.95. The first-order chi connectivity index (χ1) is 14.3. The van der Waals surface area contributed by atoms with Gasteiger partial charge >= 0.3 is 5.97 Å². The molecule has 0 unspecified atom stereocenters. The van der Waals surface area contributed by atoms with Crippen molar-refractivity contribution in [1.82, 2.24) is 9.62 Å². The summed E-state index contributed by atoms with van der Waals surface area (Å²) in [6.45, 7) is 2.91. The lowest BCUT2D eigenvalue weighted by molar-refractivity contribution is 0.0692. The van der Waals surface area contributed by atoms with Crippen molar-refractivity contribution < 1.29 is 18.3 Å². The van der Waals surface area contributed by atoms with Gasteiger partial charge in [0.25, 0.3) is 0 Å². The van der Waals surface area contributed by atoms with Crippen molar-refractivity contribution in [2.24, 2.45) is 11.8 Å². The minimum atomic E-state index is -3.95. The summed E-state index contributed by atoms with van der Waals surface area (Å²) in [5.74, 6) is -0.284. The molecule has 2 aromatic rings. The van der Waals surface area contributed by atoms with Gasteiger partial charge in [0.2, 0.25) is 10.0 Å². The van der Waals surface area contributed by atoms with Gasteiger partial charge < -0.3 is 5.11 Å². The second-order valence-electron chi connectivity index (χ2n) is 8.28. The molecule has 6 nitrogen and oxygen atoms in total. The third kappa shape index (κ3) is 4.70. The molecule has 1 heterocycles. The highest BCUT2D eigenvalue weighted by Crippen LogP contribution is 2.37. The zero-order valence-electron chi connectivity index (χ0n) is 16.5. The van der Waals surface area contributed by atoms with Crippen molar-refractivity contribution in [2.45, 2.75) is 36.7 Å². The molecule has 0 spiro atoms. The van der Waals surface area contributed by atoms with E-state index in [4.69, 9.17) is 11.6 Å². The van der Waals surface area contributed by atoms with E-state index in [9.17, 15) is 18.3 Å². The number of rotatable bonds is 6. The molecular weight excluding hydrogens is 424 g/mol. The summed E-state index contributed by atoms with van der Waals surface area (Å²) < 4.78 is 28.6. The lowest BCUT2D eigenvalue weighted by Crippen LogP contribution is -2.41. The summed E-state index contributed by atoms with van der Waals surface area (Å²) >= 11 is 5.85. The van der Waals surface area contributed by atoms with Crippen LogP contribution in [0, 0.1) is 11.8 Å². The van der Waals surface area contributed by atoms with Crippen LogP contribution in [-0.2, 0) is 16.6 Å². The van der Waals surface area contributed by atoms with Gasteiger partial charge in [0.1, 0.15) is 0 Å². The second-order valence-corrected chi connectivity index (χ2v) is 10.4. The van der Waals surface area contributed by atoms with Crippen molar-refractivity contribution >= 4 is 27.6 Å². The Balaban J connectivity index is 1.42. The van der Waals surface area contributed by atoms with E-state index in [1.54, 1.807) is 0 Å². The van der Waals surface area contributed by atoms with Crippen molar-refractivity contribution in [3.05, 3.63) is 64.7 Å². The quantitative estimate of drug-likeness (QED) is 0.704. The van der Waals surface area contributed by atoms with Crippen molar-refractivity contribution in [3.63, 3.8) is 0 Å². The predicted octanol–water partition coefficient (Wildman–Crippen LogP) is 3.62. The standard InChI is InChI=1S/C22H25ClN2O4S/c23-18-7-9-21(20(11-18)22(26)27)30(28,29)24-19-8-6-16-13-25(14-17(16)10-19)12-15-4-2-1-3-5-15/h1-5,7,9,11,16-17,19,24H,6,8,10,12-14H2,(H,26,27)/t16-,17+,19-/m0/s1. The summed E-state index contributed by atoms with van der Waals surface area (Å²) in [6, 6.07) is 14.0. The molecule has 0 aromatic heterocycles. The average molecular weight is 449 g/mol. The molecule has 1 aliphatic carbocycles. The normalized spacial score (nSPS) is 24.5. The Bertz CT molecular complexity index is 1030. The van der Waals surface area contributed by atoms with Gasteiger partial charge in [-0.05, 0) is 54.9 Å². The molecule has 160 valence electrons. The zero-order valence-corrected chi connectivity index (χ0v) is 18.1. The van der Waals surface area contributed by atoms with E-state index in [-0.39, 0.29) is 21.5 Å². The van der Waals surface area contributed by atoms with E-state index in [0.29, 0.717) is 11.8 Å². The Hall–Kier alpha value is -1.93. The third-order valence-corrected chi connectivity index (χ3v) is 7.97. The van der Waals surface area contributed by atoms with Crippen LogP contribution in [0.15, 0.2) is 53.4 Å². The van der Waals surface area contributed by atoms with Crippen LogP contribution in [0.5, 0.6) is 0 Å². The number of sulfonamides is 1. The molecule has 0 bridgehead atoms. The van der Waals surface area contributed by atoms with Crippen LogP contribution < -0.4 is 4.72 Å². The van der Waals surface area contributed by atoms with Crippen molar-refractivity contribution in [2.75, 3.05) is 13.1 Å². The molecule has 2 aliphatic rings. The van der Waals surface area contributed by atoms with Gasteiger partial charge in [0, 0.05) is 30.7 Å². The molecule has 30 heavy (non-hydrogen) atoms. The van der Waals surface area contributed by atoms with Crippen LogP contribution in [-0.4, -0.2) is 43.5 Å². The highest BCUT2D eigenvalue weighted by Gasteiger charge is 2.39. The molecule has 0 radical (unpaired) electrons. The maximum Gasteiger partial charge on any atom is 0.337 e. The zero-order chi connectivity index (χ0) is 21.3. The van der Waals surface area contributed by atoms with Crippen molar-refractivity contribution in [3.8, 4) is 0 Å². The first-order valence-corrected chi connectivity index (χ1v) is 12.0. The first-order valence-electron chi connectivity index (χ1n) is 10.1. The van der Waals surface area contributed by atoms with Gasteiger partial charge in [-0.2, -0.15) is 0 Å². The number of hydrogen-bond acceptors (Lipinski definition) is 4. The second kappa shape index (κ2) is 8.67. The fraction of sp³-hybridized carbons (Fsp3) is 0.409. The van der Waals surface area contributed by atoms with Crippen LogP contribution in [0.4, 0.5) is 0 Å². The number of nitrogens with one attached hydrogen (secondary N) is 1. The minimum Gasteiger partial charge on any atom is -0.478 e. The maximum absolute atomic E-state index is 12.9. The van der Waals surface area contributed by atoms with E-state index in [2.05, 4.69) is 21.8 Å². The Labute approximate surface area is 181 Å². The van der Waals surface area contributed by atoms with Gasteiger partial charge in [0.05, 0.1) is 10.5 Å². The number of carboxylic acids is 1. The Kier molecular flexibility index (Phi) is 6.16. The van der Waals surface area contributed by atoms with Crippen LogP contribution in [0.3, 0.4) is 0 Å². The number of carbonyl (C=O) groups is 1. The molecule has 2 fully saturated rings. The summed E-state index contributed by atoms with van der Waals surface area (Å²) in [5, 5.41) is 9.57. The summed E-state index contributed by atoms with van der Waals surface area (Å²) in [5.41, 5.74) is 0.982. The van der Waals surface area contributed by atoms with E-state index in [0.717, 1.165) is 38.9 Å². The van der Waals surface area contributed by atoms with Crippen LogP contribution in [0.25, 0.3) is 0 Å². The van der Waals surface area contributed by atoms with Crippen LogP contribution >= 0.6 is 11.6 Å². The van der Waals surface area contributed by atoms with E-state index in [1.807, 2.05) is 18.2 Å². The smallest absolute Gasteiger partial charge is 0.337 e. The fourth-order valence-electron chi connectivity index (χ4n) is 4.79. The Morgan fingerprint density at radius 1 is 1.10 bits per heavy atom. The molecule has 2 N–H and O–H groups in total. The largest absolute Gasteiger partial charge is 0.478 e. The molecule has 8 heteroatoms. The maximum atomic E-state index is 12.9. The SMILES string of the molecule is O=C(O)c1cc(Cl)ccc1S(=O)(=O)N[C@H]1CC[C@H]2CN(Cc3ccccc3)C[C@H]2C1. The topological polar surface area (TPSA) is 86.7 Å². The van der Waals surface area contributed by atoms with E-state index >= 15 is 0 Å². The van der Waals surface area contributed by atoms with Gasteiger partial charge in [-0.3, -0.25) is 4.90 Å². The number of hydrogen-bond donors (Lipinski definition) is 2. The molecule has 1 aliphatic heterocycles. The monoisotopic (exact) mass is 448 g/mol. The minimum absolute atomic E-state index is 0.190. The fourth-order valence-corrected chi connectivity index (χ4v) is 6.43. The lowest BCUT2D eigenvalue weighted by Gasteiger charge is -2.31. The number of halogens is 1. The number of carboxylic acid groups (broad SMARTS) is 1. The number of nitrogens with zero attached hydrogens (tertiary/aromatic N) is 1. The van der Waals surface area contributed by atoms with Crippen LogP contribution in [0.1, 0.15) is 35.2 Å². The molecule has 1 saturated heterocycles. The summed E-state index contributed by atoms with van der Waals surface area (Å²) in [6.07, 6.45) is 2.50. The lowest BCUT2D eigenvalue weighted by atomic mass is 9.79. The molecule has 3 atom stereocenters. The van der Waals surface area contributed by atoms with Gasteiger partial charge in [-0.25, -0.2) is 17.9 Å². The van der Waals surface area contributed by atoms with Crippen LogP contribution in [0.2, 0.25) is 5.02 Å². The Morgan fingerprint density at radius 3 is 2.57 bits per heavy atom. The molecule has 2 aromatic carbocycles. The number of benzene rings is 2.